The summed E-state index contributed by atoms with van der Waals surface area (Å²) in [6.45, 7) is 10.7. The van der Waals surface area contributed by atoms with Gasteiger partial charge in [-0.1, -0.05) is 13.8 Å². The second kappa shape index (κ2) is 9.55. The van der Waals surface area contributed by atoms with Gasteiger partial charge in [0.15, 0.2) is 5.82 Å². The number of imidazole rings is 1. The Bertz CT molecular complexity index is 1740. The number of ether oxygens (including phenoxy) is 1. The first-order chi connectivity index (χ1) is 19.4. The summed E-state index contributed by atoms with van der Waals surface area (Å²) in [5.41, 5.74) is 6.49. The van der Waals surface area contributed by atoms with Crippen LogP contribution in [0.25, 0.3) is 39.0 Å². The van der Waals surface area contributed by atoms with Crippen LogP contribution in [0.15, 0.2) is 36.8 Å². The average molecular weight is 538 g/mol. The highest BCUT2D eigenvalue weighted by atomic mass is 16.5. The summed E-state index contributed by atoms with van der Waals surface area (Å²) in [6.07, 6.45) is 7.96. The summed E-state index contributed by atoms with van der Waals surface area (Å²) in [4.78, 5) is 24.6. The summed E-state index contributed by atoms with van der Waals surface area (Å²) in [5.74, 6) is 2.74. The van der Waals surface area contributed by atoms with Gasteiger partial charge in [0.05, 0.1) is 41.3 Å². The fraction of sp³-hybridized carbons (Fsp3) is 0.433. The van der Waals surface area contributed by atoms with E-state index in [2.05, 4.69) is 46.3 Å². The number of pyridine rings is 3. The van der Waals surface area contributed by atoms with Crippen LogP contribution in [-0.2, 0) is 7.05 Å². The molecule has 2 aliphatic heterocycles. The summed E-state index contributed by atoms with van der Waals surface area (Å²) in [6, 6.07) is 6.65. The van der Waals surface area contributed by atoms with Crippen molar-refractivity contribution in [3.8, 4) is 22.8 Å². The first kappa shape index (κ1) is 25.0. The number of hydrogen-bond donors (Lipinski definition) is 0. The van der Waals surface area contributed by atoms with Crippen LogP contribution < -0.4 is 9.64 Å². The van der Waals surface area contributed by atoms with Crippen LogP contribution in [0.4, 0.5) is 5.95 Å². The molecule has 40 heavy (non-hydrogen) atoms. The average Bonchev–Trinajstić information content (AvgIpc) is 3.69. The van der Waals surface area contributed by atoms with Gasteiger partial charge in [0.1, 0.15) is 11.3 Å². The van der Waals surface area contributed by atoms with Gasteiger partial charge >= 0.3 is 0 Å². The zero-order chi connectivity index (χ0) is 27.5. The van der Waals surface area contributed by atoms with E-state index in [0.717, 1.165) is 81.7 Å². The second-order valence-corrected chi connectivity index (χ2v) is 11.3. The molecule has 10 heteroatoms. The summed E-state index contributed by atoms with van der Waals surface area (Å²) in [7, 11) is 3.79. The second-order valence-electron chi connectivity index (χ2n) is 11.3. The van der Waals surface area contributed by atoms with E-state index in [-0.39, 0.29) is 5.92 Å². The van der Waals surface area contributed by atoms with E-state index in [9.17, 15) is 0 Å². The van der Waals surface area contributed by atoms with Crippen LogP contribution in [0.2, 0.25) is 0 Å². The number of rotatable bonds is 5. The van der Waals surface area contributed by atoms with Crippen molar-refractivity contribution in [3.63, 3.8) is 0 Å². The molecular formula is C30H35N9O. The maximum Gasteiger partial charge on any atom is 0.206 e. The highest BCUT2D eigenvalue weighted by Gasteiger charge is 2.32. The third-order valence-corrected chi connectivity index (χ3v) is 8.53. The quantitative estimate of drug-likeness (QED) is 0.324. The van der Waals surface area contributed by atoms with Crippen molar-refractivity contribution in [1.29, 1.82) is 0 Å². The minimum Gasteiger partial charge on any atom is -0.496 e. The number of hydrogen-bond acceptors (Lipinski definition) is 8. The fourth-order valence-electron chi connectivity index (χ4n) is 6.40. The summed E-state index contributed by atoms with van der Waals surface area (Å²) in [5, 5.41) is 5.78. The topological polar surface area (TPSA) is 90.0 Å². The summed E-state index contributed by atoms with van der Waals surface area (Å²) < 4.78 is 9.76. The molecule has 2 aliphatic rings. The minimum absolute atomic E-state index is 0.206. The van der Waals surface area contributed by atoms with Crippen molar-refractivity contribution in [2.75, 3.05) is 38.2 Å². The van der Waals surface area contributed by atoms with E-state index in [1.54, 1.807) is 19.5 Å². The van der Waals surface area contributed by atoms with Gasteiger partial charge in [0.25, 0.3) is 0 Å². The first-order valence-corrected chi connectivity index (χ1v) is 14.1. The molecule has 5 aromatic heterocycles. The first-order valence-electron chi connectivity index (χ1n) is 14.1. The van der Waals surface area contributed by atoms with Crippen molar-refractivity contribution in [2.24, 2.45) is 7.05 Å². The Morgan fingerprint density at radius 1 is 1.02 bits per heavy atom. The zero-order valence-electron chi connectivity index (χ0n) is 23.8. The smallest absolute Gasteiger partial charge is 0.206 e. The maximum absolute atomic E-state index is 5.60. The molecule has 7 rings (SSSR count). The van der Waals surface area contributed by atoms with Gasteiger partial charge in [-0.25, -0.2) is 14.6 Å². The standard InChI is InChI=1S/C30H35N9O/c1-18(2)28-29-25(36(4)30(35-29)38-12-11-37-10-6-7-20(37)17-38)14-27(34-28)39-24-13-23(33-19(3)21(24)16-32-39)22-15-31-9-8-26(22)40-5/h8-9,13-16,18,20H,6-7,10-12,17H2,1-5H3/t20-/m0/s1. The molecule has 0 aromatic carbocycles. The minimum atomic E-state index is 0.206. The fourth-order valence-corrected chi connectivity index (χ4v) is 6.40. The number of aromatic nitrogens is 7. The Morgan fingerprint density at radius 2 is 1.90 bits per heavy atom. The van der Waals surface area contributed by atoms with E-state index < -0.39 is 0 Å². The number of aryl methyl sites for hydroxylation is 2. The van der Waals surface area contributed by atoms with E-state index in [0.29, 0.717) is 6.04 Å². The SMILES string of the molecule is COc1ccncc1-c1cc2c(cnn2-c2cc3c(nc(N4CCN5CCC[C@H]5C4)n3C)c(C(C)C)n2)c(C)n1. The molecule has 206 valence electrons. The Morgan fingerprint density at radius 3 is 2.73 bits per heavy atom. The molecular weight excluding hydrogens is 502 g/mol. The Labute approximate surface area is 233 Å². The number of fused-ring (bicyclic) bond motifs is 3. The predicted octanol–water partition coefficient (Wildman–Crippen LogP) is 4.49. The molecule has 0 radical (unpaired) electrons. The molecule has 2 saturated heterocycles. The van der Waals surface area contributed by atoms with Crippen LogP contribution >= 0.6 is 0 Å². The van der Waals surface area contributed by atoms with Gasteiger partial charge in [-0.3, -0.25) is 14.9 Å². The Hall–Kier alpha value is -4.05. The summed E-state index contributed by atoms with van der Waals surface area (Å²) >= 11 is 0. The Kier molecular flexibility index (Phi) is 5.96. The molecule has 1 atom stereocenters. The number of piperazine rings is 1. The van der Waals surface area contributed by atoms with Crippen molar-refractivity contribution in [2.45, 2.75) is 45.6 Å². The molecule has 10 nitrogen and oxygen atoms in total. The van der Waals surface area contributed by atoms with Gasteiger partial charge in [0.2, 0.25) is 5.95 Å². The van der Waals surface area contributed by atoms with Crippen molar-refractivity contribution >= 4 is 27.9 Å². The van der Waals surface area contributed by atoms with E-state index in [1.807, 2.05) is 29.9 Å². The molecule has 5 aromatic rings. The number of anilines is 1. The lowest BCUT2D eigenvalue weighted by molar-refractivity contribution is 0.229. The molecule has 0 saturated carbocycles. The zero-order valence-corrected chi connectivity index (χ0v) is 23.8. The maximum atomic E-state index is 5.60. The Balaban J connectivity index is 1.37. The highest BCUT2D eigenvalue weighted by molar-refractivity contribution is 5.88. The molecule has 0 N–H and O–H groups in total. The van der Waals surface area contributed by atoms with Crippen molar-refractivity contribution in [3.05, 3.63) is 48.2 Å². The molecule has 2 fully saturated rings. The third kappa shape index (κ3) is 3.92. The van der Waals surface area contributed by atoms with E-state index in [1.165, 1.54) is 19.4 Å². The van der Waals surface area contributed by atoms with Gasteiger partial charge < -0.3 is 14.2 Å². The van der Waals surface area contributed by atoms with Crippen LogP contribution in [0.1, 0.15) is 44.0 Å². The van der Waals surface area contributed by atoms with Gasteiger partial charge in [0, 0.05) is 62.3 Å². The van der Waals surface area contributed by atoms with Crippen molar-refractivity contribution in [1.82, 2.24) is 39.2 Å². The van der Waals surface area contributed by atoms with Gasteiger partial charge in [-0.2, -0.15) is 5.10 Å². The van der Waals surface area contributed by atoms with Crippen LogP contribution in [-0.4, -0.2) is 78.5 Å². The highest BCUT2D eigenvalue weighted by Crippen LogP contribution is 2.34. The molecule has 7 heterocycles. The monoisotopic (exact) mass is 537 g/mol. The molecule has 0 spiro atoms. The largest absolute Gasteiger partial charge is 0.496 e. The van der Waals surface area contributed by atoms with Crippen LogP contribution in [0.3, 0.4) is 0 Å². The number of methoxy groups -OCH3 is 1. The van der Waals surface area contributed by atoms with Crippen molar-refractivity contribution < 1.29 is 4.74 Å². The van der Waals surface area contributed by atoms with Crippen LogP contribution in [0.5, 0.6) is 5.75 Å². The molecule has 0 amide bonds. The number of nitrogens with zero attached hydrogens (tertiary/aromatic N) is 9. The molecule has 0 unspecified atom stereocenters. The van der Waals surface area contributed by atoms with E-state index in [4.69, 9.17) is 24.8 Å². The van der Waals surface area contributed by atoms with Gasteiger partial charge in [-0.05, 0) is 44.4 Å². The third-order valence-electron chi connectivity index (χ3n) is 8.53. The predicted molar refractivity (Wildman–Crippen MR) is 156 cm³/mol. The van der Waals surface area contributed by atoms with Crippen LogP contribution in [0, 0.1) is 6.92 Å². The van der Waals surface area contributed by atoms with E-state index >= 15 is 0 Å². The normalized spacial score (nSPS) is 17.9. The molecule has 0 bridgehead atoms. The lowest BCUT2D eigenvalue weighted by Crippen LogP contribution is -2.50. The lowest BCUT2D eigenvalue weighted by Gasteiger charge is -2.37. The molecule has 0 aliphatic carbocycles. The van der Waals surface area contributed by atoms with Gasteiger partial charge in [-0.15, -0.1) is 0 Å². The lowest BCUT2D eigenvalue weighted by atomic mass is 10.1.